The fraction of sp³-hybridized carbons (Fsp3) is 0.214. The lowest BCUT2D eigenvalue weighted by Gasteiger charge is -2.19. The molecule has 0 aliphatic carbocycles. The number of benzene rings is 1. The molecule has 2 heterocycles. The van der Waals surface area contributed by atoms with Gasteiger partial charge in [-0.3, -0.25) is 4.79 Å². The Balaban J connectivity index is 1.80. The lowest BCUT2D eigenvalue weighted by Crippen LogP contribution is -2.26. The molecule has 1 aliphatic rings. The van der Waals surface area contributed by atoms with Crippen LogP contribution in [0.2, 0.25) is 5.02 Å². The van der Waals surface area contributed by atoms with E-state index in [1.165, 1.54) is 6.33 Å². The number of carbonyl (C=O) groups is 1. The molecule has 1 aliphatic heterocycles. The lowest BCUT2D eigenvalue weighted by atomic mass is 10.1. The molecule has 0 bridgehead atoms. The van der Waals surface area contributed by atoms with Gasteiger partial charge in [-0.25, -0.2) is 4.68 Å². The van der Waals surface area contributed by atoms with Crippen LogP contribution in [-0.2, 0) is 11.3 Å². The number of anilines is 2. The van der Waals surface area contributed by atoms with Crippen LogP contribution in [0.4, 0.5) is 11.6 Å². The highest BCUT2D eigenvalue weighted by Gasteiger charge is 2.21. The molecule has 2 N–H and O–H groups in total. The van der Waals surface area contributed by atoms with Crippen molar-refractivity contribution >= 4 is 29.1 Å². The first-order valence-corrected chi connectivity index (χ1v) is 6.84. The maximum absolute atomic E-state index is 12.4. The highest BCUT2D eigenvalue weighted by molar-refractivity contribution is 6.31. The van der Waals surface area contributed by atoms with E-state index in [0.29, 0.717) is 28.8 Å². The van der Waals surface area contributed by atoms with Gasteiger partial charge in [0.2, 0.25) is 5.95 Å². The van der Waals surface area contributed by atoms with Crippen molar-refractivity contribution in [2.45, 2.75) is 20.4 Å². The first kappa shape index (κ1) is 13.6. The number of fused-ring (bicyclic) bond motifs is 1. The van der Waals surface area contributed by atoms with E-state index >= 15 is 0 Å². The number of aryl methyl sites for hydroxylation is 1. The number of hydrogen-bond donors (Lipinski definition) is 2. The number of nitrogens with one attached hydrogen (secondary N) is 2. The van der Waals surface area contributed by atoms with Gasteiger partial charge in [-0.15, -0.1) is 0 Å². The summed E-state index contributed by atoms with van der Waals surface area (Å²) >= 11 is 6.07. The summed E-state index contributed by atoms with van der Waals surface area (Å²) < 4.78 is 1.64. The molecule has 2 aromatic rings. The second-order valence-corrected chi connectivity index (χ2v) is 5.30. The van der Waals surface area contributed by atoms with Gasteiger partial charge < -0.3 is 10.6 Å². The number of hydrogen-bond acceptors (Lipinski definition) is 4. The van der Waals surface area contributed by atoms with Crippen molar-refractivity contribution < 1.29 is 4.79 Å². The van der Waals surface area contributed by atoms with Crippen molar-refractivity contribution in [2.75, 3.05) is 10.6 Å². The number of aromatic nitrogens is 3. The molecule has 21 heavy (non-hydrogen) atoms. The fourth-order valence-electron chi connectivity index (χ4n) is 2.11. The second-order valence-electron chi connectivity index (χ2n) is 4.89. The van der Waals surface area contributed by atoms with Gasteiger partial charge >= 0.3 is 0 Å². The van der Waals surface area contributed by atoms with E-state index in [0.717, 1.165) is 11.3 Å². The van der Waals surface area contributed by atoms with Crippen LogP contribution in [0.15, 0.2) is 35.8 Å². The monoisotopic (exact) mass is 303 g/mol. The molecule has 0 saturated heterocycles. The number of amides is 1. The van der Waals surface area contributed by atoms with Crippen molar-refractivity contribution in [1.29, 1.82) is 0 Å². The largest absolute Gasteiger partial charge is 0.328 e. The predicted octanol–water partition coefficient (Wildman–Crippen LogP) is 2.58. The fourth-order valence-corrected chi connectivity index (χ4v) is 2.29. The summed E-state index contributed by atoms with van der Waals surface area (Å²) in [6, 6.07) is 5.43. The quantitative estimate of drug-likeness (QED) is 0.894. The zero-order valence-corrected chi connectivity index (χ0v) is 12.4. The van der Waals surface area contributed by atoms with Gasteiger partial charge in [0.1, 0.15) is 6.33 Å². The average Bonchev–Trinajstić information content (AvgIpc) is 2.89. The minimum atomic E-state index is -0.180. The number of halogens is 1. The minimum absolute atomic E-state index is 0.180. The predicted molar refractivity (Wildman–Crippen MR) is 81.2 cm³/mol. The Labute approximate surface area is 126 Å². The Morgan fingerprint density at radius 3 is 3.00 bits per heavy atom. The van der Waals surface area contributed by atoms with Crippen molar-refractivity contribution in [3.05, 3.63) is 46.4 Å². The molecule has 7 heteroatoms. The highest BCUT2D eigenvalue weighted by atomic mass is 35.5. The summed E-state index contributed by atoms with van der Waals surface area (Å²) in [7, 11) is 0. The molecule has 1 aromatic heterocycles. The Morgan fingerprint density at radius 2 is 2.24 bits per heavy atom. The van der Waals surface area contributed by atoms with Crippen molar-refractivity contribution in [3.8, 4) is 0 Å². The summed E-state index contributed by atoms with van der Waals surface area (Å²) in [5.41, 5.74) is 3.02. The maximum Gasteiger partial charge on any atom is 0.255 e. The minimum Gasteiger partial charge on any atom is -0.328 e. The summed E-state index contributed by atoms with van der Waals surface area (Å²) in [6.07, 6.45) is 1.45. The van der Waals surface area contributed by atoms with Crippen LogP contribution in [0.5, 0.6) is 0 Å². The van der Waals surface area contributed by atoms with Gasteiger partial charge in [-0.05, 0) is 31.5 Å². The third-order valence-electron chi connectivity index (χ3n) is 3.38. The number of nitrogens with zero attached hydrogens (tertiary/aromatic N) is 3. The molecule has 0 unspecified atom stereocenters. The second kappa shape index (κ2) is 5.21. The van der Waals surface area contributed by atoms with Gasteiger partial charge in [0.05, 0.1) is 12.1 Å². The normalized spacial score (nSPS) is 13.7. The molecular formula is C14H14ClN5O. The molecule has 0 spiro atoms. The van der Waals surface area contributed by atoms with Gasteiger partial charge in [0.25, 0.3) is 5.91 Å². The summed E-state index contributed by atoms with van der Waals surface area (Å²) in [5, 5.41) is 10.6. The van der Waals surface area contributed by atoms with Crippen LogP contribution in [0.25, 0.3) is 0 Å². The third-order valence-corrected chi connectivity index (χ3v) is 3.79. The van der Waals surface area contributed by atoms with Crippen LogP contribution in [0, 0.1) is 6.92 Å². The van der Waals surface area contributed by atoms with Gasteiger partial charge in [-0.1, -0.05) is 17.7 Å². The van der Waals surface area contributed by atoms with E-state index in [2.05, 4.69) is 20.7 Å². The smallest absolute Gasteiger partial charge is 0.255 e. The van der Waals surface area contributed by atoms with E-state index in [4.69, 9.17) is 11.6 Å². The van der Waals surface area contributed by atoms with E-state index in [9.17, 15) is 4.79 Å². The molecule has 108 valence electrons. The van der Waals surface area contributed by atoms with E-state index < -0.39 is 0 Å². The van der Waals surface area contributed by atoms with Crippen LogP contribution in [0.3, 0.4) is 0 Å². The van der Waals surface area contributed by atoms with E-state index in [-0.39, 0.29) is 5.91 Å². The van der Waals surface area contributed by atoms with Gasteiger partial charge in [0, 0.05) is 16.4 Å². The lowest BCUT2D eigenvalue weighted by molar-refractivity contribution is -0.113. The highest BCUT2D eigenvalue weighted by Crippen LogP contribution is 2.23. The van der Waals surface area contributed by atoms with Crippen molar-refractivity contribution in [2.24, 2.45) is 0 Å². The van der Waals surface area contributed by atoms with Gasteiger partial charge in [0.15, 0.2) is 0 Å². The third kappa shape index (κ3) is 2.62. The average molecular weight is 304 g/mol. The van der Waals surface area contributed by atoms with Gasteiger partial charge in [-0.2, -0.15) is 10.1 Å². The molecule has 1 amide bonds. The van der Waals surface area contributed by atoms with Crippen LogP contribution in [0.1, 0.15) is 12.5 Å². The summed E-state index contributed by atoms with van der Waals surface area (Å²) in [4.78, 5) is 16.5. The first-order valence-electron chi connectivity index (χ1n) is 6.46. The Morgan fingerprint density at radius 1 is 1.43 bits per heavy atom. The Hall–Kier alpha value is -2.34. The zero-order chi connectivity index (χ0) is 15.0. The topological polar surface area (TPSA) is 71.8 Å². The Kier molecular flexibility index (Phi) is 3.39. The summed E-state index contributed by atoms with van der Waals surface area (Å²) in [5.74, 6) is 0.462. The molecule has 0 radical (unpaired) electrons. The molecule has 0 saturated carbocycles. The molecular weight excluding hydrogens is 290 g/mol. The summed E-state index contributed by atoms with van der Waals surface area (Å²) in [6.45, 7) is 4.15. The molecule has 0 fully saturated rings. The Bertz CT molecular complexity index is 750. The van der Waals surface area contributed by atoms with Crippen molar-refractivity contribution in [1.82, 2.24) is 14.8 Å². The number of rotatable bonds is 2. The number of allylic oxidation sites excluding steroid dienone is 1. The molecule has 1 aromatic carbocycles. The van der Waals surface area contributed by atoms with Crippen LogP contribution < -0.4 is 10.6 Å². The van der Waals surface area contributed by atoms with E-state index in [1.807, 2.05) is 26.0 Å². The van der Waals surface area contributed by atoms with E-state index in [1.54, 1.807) is 10.7 Å². The zero-order valence-electron chi connectivity index (χ0n) is 11.6. The molecule has 6 nitrogen and oxygen atoms in total. The maximum atomic E-state index is 12.4. The first-order chi connectivity index (χ1) is 10.0. The standard InChI is InChI=1S/C14H14ClN5O/c1-8-3-4-10(5-12(8)15)19-13(21)11-6-20-14(16-7-17-20)18-9(11)2/h3-5,7H,6H2,1-2H3,(H,19,21)(H,16,17,18). The SMILES string of the molecule is CC1=C(C(=O)Nc2ccc(C)c(Cl)c2)Cn2ncnc2N1. The molecule has 3 rings (SSSR count). The van der Waals surface area contributed by atoms with Crippen LogP contribution >= 0.6 is 11.6 Å². The molecule has 0 atom stereocenters. The van der Waals surface area contributed by atoms with Crippen molar-refractivity contribution in [3.63, 3.8) is 0 Å². The van der Waals surface area contributed by atoms with Crippen LogP contribution in [-0.4, -0.2) is 20.7 Å². The number of carbonyl (C=O) groups excluding carboxylic acids is 1.